The van der Waals surface area contributed by atoms with Crippen LogP contribution in [-0.4, -0.2) is 0 Å². The van der Waals surface area contributed by atoms with Crippen LogP contribution in [0.3, 0.4) is 0 Å². The van der Waals surface area contributed by atoms with E-state index in [1.807, 2.05) is 23.6 Å². The molecule has 2 aromatic carbocycles. The predicted molar refractivity (Wildman–Crippen MR) is 81.9 cm³/mol. The highest BCUT2D eigenvalue weighted by Crippen LogP contribution is 2.36. The van der Waals surface area contributed by atoms with Crippen molar-refractivity contribution < 1.29 is 8.78 Å². The molecule has 102 valence electrons. The molecule has 0 spiro atoms. The lowest BCUT2D eigenvalue weighted by Crippen LogP contribution is -2.13. The van der Waals surface area contributed by atoms with Gasteiger partial charge in [-0.25, -0.2) is 8.78 Å². The normalized spacial score (nSPS) is 12.8. The first kappa shape index (κ1) is 13.7. The Morgan fingerprint density at radius 2 is 1.80 bits per heavy atom. The number of thiophene rings is 1. The molecule has 3 rings (SSSR count). The van der Waals surface area contributed by atoms with Gasteiger partial charge < -0.3 is 5.73 Å². The van der Waals surface area contributed by atoms with Crippen LogP contribution >= 0.6 is 27.3 Å². The Morgan fingerprint density at radius 3 is 2.60 bits per heavy atom. The summed E-state index contributed by atoms with van der Waals surface area (Å²) in [5, 5.41) is 2.85. The minimum Gasteiger partial charge on any atom is -0.320 e. The molecule has 0 aliphatic heterocycles. The van der Waals surface area contributed by atoms with Gasteiger partial charge in [-0.15, -0.1) is 11.3 Å². The highest BCUT2D eigenvalue weighted by atomic mass is 79.9. The summed E-state index contributed by atoms with van der Waals surface area (Å²) in [5.74, 6) is -1.76. The summed E-state index contributed by atoms with van der Waals surface area (Å²) in [4.78, 5) is 0. The first-order valence-electron chi connectivity index (χ1n) is 5.94. The summed E-state index contributed by atoms with van der Waals surface area (Å²) in [5.41, 5.74) is 7.10. The average Bonchev–Trinajstić information content (AvgIpc) is 2.86. The van der Waals surface area contributed by atoms with Crippen molar-refractivity contribution in [3.05, 3.63) is 69.0 Å². The standard InChI is InChI=1S/C15H10BrF2NS/c16-11-5-1-3-8-10(7-20-15(8)11)14(19)9-4-2-6-12(17)13(9)18/h1-7,14H,19H2. The first-order valence-corrected chi connectivity index (χ1v) is 7.62. The molecule has 2 N–H and O–H groups in total. The predicted octanol–water partition coefficient (Wildman–Crippen LogP) is 4.99. The third kappa shape index (κ3) is 2.16. The van der Waals surface area contributed by atoms with E-state index in [0.29, 0.717) is 0 Å². The molecule has 0 radical (unpaired) electrons. The van der Waals surface area contributed by atoms with Crippen LogP contribution in [0, 0.1) is 11.6 Å². The molecule has 0 fully saturated rings. The maximum absolute atomic E-state index is 13.9. The highest BCUT2D eigenvalue weighted by molar-refractivity contribution is 9.10. The van der Waals surface area contributed by atoms with Crippen molar-refractivity contribution in [3.8, 4) is 0 Å². The topological polar surface area (TPSA) is 26.0 Å². The molecule has 1 heterocycles. The van der Waals surface area contributed by atoms with Crippen molar-refractivity contribution in [2.45, 2.75) is 6.04 Å². The summed E-state index contributed by atoms with van der Waals surface area (Å²) in [6.45, 7) is 0. The molecule has 0 amide bonds. The quantitative estimate of drug-likeness (QED) is 0.689. The van der Waals surface area contributed by atoms with Crippen molar-refractivity contribution in [2.24, 2.45) is 5.73 Å². The number of hydrogen-bond acceptors (Lipinski definition) is 2. The molecule has 0 aliphatic carbocycles. The van der Waals surface area contributed by atoms with Gasteiger partial charge in [0.25, 0.3) is 0 Å². The van der Waals surface area contributed by atoms with E-state index in [2.05, 4.69) is 15.9 Å². The maximum Gasteiger partial charge on any atom is 0.163 e. The average molecular weight is 354 g/mol. The van der Waals surface area contributed by atoms with Gasteiger partial charge in [0, 0.05) is 14.7 Å². The lowest BCUT2D eigenvalue weighted by molar-refractivity contribution is 0.495. The maximum atomic E-state index is 13.9. The summed E-state index contributed by atoms with van der Waals surface area (Å²) in [6, 6.07) is 9.17. The van der Waals surface area contributed by atoms with Crippen molar-refractivity contribution in [1.82, 2.24) is 0 Å². The molecule has 5 heteroatoms. The Hall–Kier alpha value is -1.30. The van der Waals surface area contributed by atoms with E-state index in [4.69, 9.17) is 5.73 Å². The van der Waals surface area contributed by atoms with Gasteiger partial charge in [-0.05, 0) is 44.4 Å². The molecule has 1 nitrogen and oxygen atoms in total. The lowest BCUT2D eigenvalue weighted by Gasteiger charge is -2.13. The smallest absolute Gasteiger partial charge is 0.163 e. The van der Waals surface area contributed by atoms with Gasteiger partial charge in [-0.2, -0.15) is 0 Å². The largest absolute Gasteiger partial charge is 0.320 e. The van der Waals surface area contributed by atoms with Gasteiger partial charge in [0.1, 0.15) is 0 Å². The number of nitrogens with two attached hydrogens (primary N) is 1. The fraction of sp³-hybridized carbons (Fsp3) is 0.0667. The second kappa shape index (κ2) is 5.24. The lowest BCUT2D eigenvalue weighted by atomic mass is 9.98. The van der Waals surface area contributed by atoms with Crippen molar-refractivity contribution in [3.63, 3.8) is 0 Å². The first-order chi connectivity index (χ1) is 9.59. The van der Waals surface area contributed by atoms with Crippen LogP contribution in [0.5, 0.6) is 0 Å². The molecule has 1 aromatic heterocycles. The van der Waals surface area contributed by atoms with E-state index >= 15 is 0 Å². The van der Waals surface area contributed by atoms with Crippen molar-refractivity contribution in [2.75, 3.05) is 0 Å². The van der Waals surface area contributed by atoms with Crippen LogP contribution in [0.25, 0.3) is 10.1 Å². The van der Waals surface area contributed by atoms with Gasteiger partial charge in [0.05, 0.1) is 6.04 Å². The zero-order valence-electron chi connectivity index (χ0n) is 10.2. The molecule has 0 saturated heterocycles. The fourth-order valence-corrected chi connectivity index (χ4v) is 3.87. The minimum absolute atomic E-state index is 0.171. The number of hydrogen-bond donors (Lipinski definition) is 1. The van der Waals surface area contributed by atoms with Gasteiger partial charge in [0.15, 0.2) is 11.6 Å². The summed E-state index contributed by atoms with van der Waals surface area (Å²) in [7, 11) is 0. The zero-order chi connectivity index (χ0) is 14.3. The molecular formula is C15H10BrF2NS. The van der Waals surface area contributed by atoms with Crippen LogP contribution in [0.4, 0.5) is 8.78 Å². The van der Waals surface area contributed by atoms with E-state index in [1.165, 1.54) is 23.5 Å². The van der Waals surface area contributed by atoms with Gasteiger partial charge in [-0.1, -0.05) is 24.3 Å². The molecule has 0 bridgehead atoms. The summed E-state index contributed by atoms with van der Waals surface area (Å²) >= 11 is 5.01. The summed E-state index contributed by atoms with van der Waals surface area (Å²) in [6.07, 6.45) is 0. The molecule has 0 saturated carbocycles. The number of rotatable bonds is 2. The van der Waals surface area contributed by atoms with E-state index < -0.39 is 17.7 Å². The zero-order valence-corrected chi connectivity index (χ0v) is 12.6. The van der Waals surface area contributed by atoms with Crippen molar-refractivity contribution in [1.29, 1.82) is 0 Å². The fourth-order valence-electron chi connectivity index (χ4n) is 2.21. The van der Waals surface area contributed by atoms with Crippen LogP contribution < -0.4 is 5.73 Å². The Morgan fingerprint density at radius 1 is 1.05 bits per heavy atom. The number of fused-ring (bicyclic) bond motifs is 1. The highest BCUT2D eigenvalue weighted by Gasteiger charge is 2.19. The second-order valence-electron chi connectivity index (χ2n) is 4.43. The number of benzene rings is 2. The van der Waals surface area contributed by atoms with Gasteiger partial charge >= 0.3 is 0 Å². The van der Waals surface area contributed by atoms with Crippen LogP contribution in [0.1, 0.15) is 17.2 Å². The molecule has 0 aliphatic rings. The Labute approximate surface area is 127 Å². The monoisotopic (exact) mass is 353 g/mol. The minimum atomic E-state index is -0.880. The Bertz CT molecular complexity index is 785. The molecule has 1 atom stereocenters. The third-order valence-electron chi connectivity index (χ3n) is 3.23. The Balaban J connectivity index is 2.16. The molecule has 3 aromatic rings. The SMILES string of the molecule is NC(c1cccc(F)c1F)c1csc2c(Br)cccc12. The van der Waals surface area contributed by atoms with Crippen LogP contribution in [-0.2, 0) is 0 Å². The van der Waals surface area contributed by atoms with Gasteiger partial charge in [-0.3, -0.25) is 0 Å². The molecule has 20 heavy (non-hydrogen) atoms. The van der Waals surface area contributed by atoms with E-state index in [9.17, 15) is 8.78 Å². The molecule has 1 unspecified atom stereocenters. The molecular weight excluding hydrogens is 344 g/mol. The third-order valence-corrected chi connectivity index (χ3v) is 5.20. The van der Waals surface area contributed by atoms with E-state index in [-0.39, 0.29) is 5.56 Å². The van der Waals surface area contributed by atoms with E-state index in [1.54, 1.807) is 0 Å². The van der Waals surface area contributed by atoms with Crippen molar-refractivity contribution >= 4 is 37.4 Å². The Kier molecular flexibility index (Phi) is 3.58. The van der Waals surface area contributed by atoms with Crippen LogP contribution in [0.2, 0.25) is 0 Å². The summed E-state index contributed by atoms with van der Waals surface area (Å²) < 4.78 is 29.2. The van der Waals surface area contributed by atoms with E-state index in [0.717, 1.165) is 26.2 Å². The second-order valence-corrected chi connectivity index (χ2v) is 6.16. The number of halogens is 3. The van der Waals surface area contributed by atoms with Crippen LogP contribution in [0.15, 0.2) is 46.3 Å². The van der Waals surface area contributed by atoms with Gasteiger partial charge in [0.2, 0.25) is 0 Å².